The summed E-state index contributed by atoms with van der Waals surface area (Å²) in [4.78, 5) is 15.5. The number of aromatic nitrogens is 3. The lowest BCUT2D eigenvalue weighted by atomic mass is 10.2. The normalized spacial score (nSPS) is 10.7. The van der Waals surface area contributed by atoms with Crippen LogP contribution in [0.15, 0.2) is 12.3 Å². The van der Waals surface area contributed by atoms with Crippen LogP contribution in [0.4, 0.5) is 0 Å². The van der Waals surface area contributed by atoms with Crippen LogP contribution in [-0.2, 0) is 16.0 Å². The molecule has 2 heterocycles. The zero-order chi connectivity index (χ0) is 11.7. The minimum Gasteiger partial charge on any atom is -0.469 e. The van der Waals surface area contributed by atoms with Gasteiger partial charge in [0.05, 0.1) is 25.4 Å². The van der Waals surface area contributed by atoms with E-state index in [0.29, 0.717) is 16.4 Å². The maximum absolute atomic E-state index is 11.2. The first-order valence-corrected chi connectivity index (χ1v) is 5.06. The lowest BCUT2D eigenvalue weighted by molar-refractivity contribution is -0.139. The fraction of sp³-hybridized carbons (Fsp3) is 0.300. The van der Waals surface area contributed by atoms with Crippen LogP contribution in [-0.4, -0.2) is 27.7 Å². The van der Waals surface area contributed by atoms with E-state index in [1.165, 1.54) is 7.11 Å². The molecule has 0 saturated heterocycles. The summed E-state index contributed by atoms with van der Waals surface area (Å²) in [6.45, 7) is 1.85. The molecule has 5 nitrogen and oxygen atoms in total. The molecule has 0 aliphatic carbocycles. The quantitative estimate of drug-likeness (QED) is 0.744. The van der Waals surface area contributed by atoms with Crippen molar-refractivity contribution in [3.05, 3.63) is 28.7 Å². The number of hydrogen-bond donors (Lipinski definition) is 0. The van der Waals surface area contributed by atoms with Crippen LogP contribution >= 0.6 is 11.6 Å². The van der Waals surface area contributed by atoms with Crippen LogP contribution in [0, 0.1) is 6.92 Å². The molecule has 0 N–H and O–H groups in total. The predicted octanol–water partition coefficient (Wildman–Crippen LogP) is 1.41. The third-order valence-electron chi connectivity index (χ3n) is 2.15. The minimum atomic E-state index is -0.329. The van der Waals surface area contributed by atoms with Crippen LogP contribution < -0.4 is 0 Å². The van der Waals surface area contributed by atoms with Crippen LogP contribution in [0.5, 0.6) is 0 Å². The summed E-state index contributed by atoms with van der Waals surface area (Å²) in [7, 11) is 1.35. The molecule has 84 valence electrons. The lowest BCUT2D eigenvalue weighted by Gasteiger charge is -2.02. The number of hydrogen-bond acceptors (Lipinski definition) is 4. The van der Waals surface area contributed by atoms with Crippen molar-refractivity contribution in [3.63, 3.8) is 0 Å². The van der Waals surface area contributed by atoms with Crippen molar-refractivity contribution in [1.82, 2.24) is 14.6 Å². The maximum Gasteiger partial charge on any atom is 0.310 e. The van der Waals surface area contributed by atoms with E-state index in [0.717, 1.165) is 5.69 Å². The number of esters is 1. The third-order valence-corrected chi connectivity index (χ3v) is 2.34. The van der Waals surface area contributed by atoms with E-state index in [1.54, 1.807) is 16.8 Å². The van der Waals surface area contributed by atoms with Crippen LogP contribution in [0.1, 0.15) is 11.3 Å². The Morgan fingerprint density at radius 3 is 3.06 bits per heavy atom. The van der Waals surface area contributed by atoms with Gasteiger partial charge in [-0.2, -0.15) is 5.10 Å². The molecule has 0 aliphatic rings. The number of imidazole rings is 1. The maximum atomic E-state index is 11.2. The number of carbonyl (C=O) groups is 1. The zero-order valence-electron chi connectivity index (χ0n) is 8.90. The summed E-state index contributed by atoms with van der Waals surface area (Å²) in [5, 5.41) is 4.38. The van der Waals surface area contributed by atoms with Gasteiger partial charge in [0.1, 0.15) is 5.15 Å². The number of methoxy groups -OCH3 is 1. The number of rotatable bonds is 2. The topological polar surface area (TPSA) is 56.5 Å². The SMILES string of the molecule is COC(=O)Cc1cc(Cl)nn2cc(C)nc12. The largest absolute Gasteiger partial charge is 0.469 e. The minimum absolute atomic E-state index is 0.138. The molecule has 2 aromatic rings. The Bertz CT molecular complexity index is 550. The Morgan fingerprint density at radius 1 is 1.62 bits per heavy atom. The fourth-order valence-electron chi connectivity index (χ4n) is 1.48. The van der Waals surface area contributed by atoms with Gasteiger partial charge in [-0.1, -0.05) is 11.6 Å². The molecular weight excluding hydrogens is 230 g/mol. The highest BCUT2D eigenvalue weighted by atomic mass is 35.5. The third kappa shape index (κ3) is 1.99. The Morgan fingerprint density at radius 2 is 2.38 bits per heavy atom. The standard InChI is InChI=1S/C10H10ClN3O2/c1-6-5-14-10(12-6)7(3-8(11)13-14)4-9(15)16-2/h3,5H,4H2,1-2H3. The summed E-state index contributed by atoms with van der Waals surface area (Å²) in [5.74, 6) is -0.329. The van der Waals surface area contributed by atoms with Gasteiger partial charge in [-0.15, -0.1) is 0 Å². The summed E-state index contributed by atoms with van der Waals surface area (Å²) < 4.78 is 6.18. The number of ether oxygens (including phenoxy) is 1. The summed E-state index contributed by atoms with van der Waals surface area (Å²) in [6.07, 6.45) is 1.89. The zero-order valence-corrected chi connectivity index (χ0v) is 9.65. The van der Waals surface area contributed by atoms with Gasteiger partial charge < -0.3 is 4.74 Å². The first kappa shape index (κ1) is 10.9. The van der Waals surface area contributed by atoms with Gasteiger partial charge in [0, 0.05) is 5.56 Å². The molecule has 0 aromatic carbocycles. The van der Waals surface area contributed by atoms with Gasteiger partial charge >= 0.3 is 5.97 Å². The van der Waals surface area contributed by atoms with E-state index in [2.05, 4.69) is 14.8 Å². The van der Waals surface area contributed by atoms with Crippen molar-refractivity contribution >= 4 is 23.2 Å². The second-order valence-corrected chi connectivity index (χ2v) is 3.78. The van der Waals surface area contributed by atoms with E-state index >= 15 is 0 Å². The van der Waals surface area contributed by atoms with Crippen molar-refractivity contribution in [2.45, 2.75) is 13.3 Å². The molecule has 0 bridgehead atoms. The fourth-order valence-corrected chi connectivity index (χ4v) is 1.69. The highest BCUT2D eigenvalue weighted by molar-refractivity contribution is 6.29. The molecule has 6 heteroatoms. The van der Waals surface area contributed by atoms with Gasteiger partial charge in [0.25, 0.3) is 0 Å². The Kier molecular flexibility index (Phi) is 2.78. The second-order valence-electron chi connectivity index (χ2n) is 3.40. The first-order chi connectivity index (χ1) is 7.60. The smallest absolute Gasteiger partial charge is 0.310 e. The van der Waals surface area contributed by atoms with Crippen LogP contribution in [0.2, 0.25) is 5.15 Å². The Hall–Kier alpha value is -1.62. The number of fused-ring (bicyclic) bond motifs is 1. The molecule has 0 saturated carbocycles. The van der Waals surface area contributed by atoms with Gasteiger partial charge in [0.15, 0.2) is 5.65 Å². The average molecular weight is 240 g/mol. The number of aryl methyl sites for hydroxylation is 1. The Labute approximate surface area is 97.0 Å². The van der Waals surface area contributed by atoms with E-state index in [4.69, 9.17) is 11.6 Å². The predicted molar refractivity (Wildman–Crippen MR) is 58.5 cm³/mol. The van der Waals surface area contributed by atoms with Crippen molar-refractivity contribution in [1.29, 1.82) is 0 Å². The van der Waals surface area contributed by atoms with Crippen molar-refractivity contribution in [3.8, 4) is 0 Å². The van der Waals surface area contributed by atoms with E-state index in [9.17, 15) is 4.79 Å². The van der Waals surface area contributed by atoms with Crippen molar-refractivity contribution in [2.75, 3.05) is 7.11 Å². The molecule has 0 amide bonds. The van der Waals surface area contributed by atoms with Crippen LogP contribution in [0.25, 0.3) is 5.65 Å². The monoisotopic (exact) mass is 239 g/mol. The highest BCUT2D eigenvalue weighted by Gasteiger charge is 2.11. The van der Waals surface area contributed by atoms with Crippen molar-refractivity contribution < 1.29 is 9.53 Å². The lowest BCUT2D eigenvalue weighted by Crippen LogP contribution is -2.07. The molecular formula is C10H10ClN3O2. The highest BCUT2D eigenvalue weighted by Crippen LogP contribution is 2.15. The molecule has 0 fully saturated rings. The number of halogens is 1. The molecule has 2 rings (SSSR count). The molecule has 0 radical (unpaired) electrons. The van der Waals surface area contributed by atoms with Gasteiger partial charge in [-0.3, -0.25) is 4.79 Å². The summed E-state index contributed by atoms with van der Waals surface area (Å²) in [5.41, 5.74) is 2.16. The molecule has 0 spiro atoms. The number of carbonyl (C=O) groups excluding carboxylic acids is 1. The molecule has 0 atom stereocenters. The van der Waals surface area contributed by atoms with Crippen LogP contribution in [0.3, 0.4) is 0 Å². The molecule has 0 aliphatic heterocycles. The van der Waals surface area contributed by atoms with Gasteiger partial charge in [-0.05, 0) is 13.0 Å². The molecule has 2 aromatic heterocycles. The number of nitrogens with zero attached hydrogens (tertiary/aromatic N) is 3. The second kappa shape index (κ2) is 4.09. The summed E-state index contributed by atoms with van der Waals surface area (Å²) in [6, 6.07) is 1.63. The van der Waals surface area contributed by atoms with Crippen molar-refractivity contribution in [2.24, 2.45) is 0 Å². The first-order valence-electron chi connectivity index (χ1n) is 4.68. The van der Waals surface area contributed by atoms with E-state index in [1.807, 2.05) is 6.92 Å². The average Bonchev–Trinajstić information content (AvgIpc) is 2.58. The summed E-state index contributed by atoms with van der Waals surface area (Å²) >= 11 is 5.85. The molecule has 16 heavy (non-hydrogen) atoms. The Balaban J connectivity index is 2.53. The molecule has 0 unspecified atom stereocenters. The van der Waals surface area contributed by atoms with E-state index in [-0.39, 0.29) is 12.4 Å². The van der Waals surface area contributed by atoms with Gasteiger partial charge in [-0.25, -0.2) is 9.50 Å². The van der Waals surface area contributed by atoms with E-state index < -0.39 is 0 Å². The van der Waals surface area contributed by atoms with Gasteiger partial charge in [0.2, 0.25) is 0 Å².